The molecule has 2 atom stereocenters. The minimum atomic E-state index is -0.149. The van der Waals surface area contributed by atoms with E-state index in [1.807, 2.05) is 0 Å². The van der Waals surface area contributed by atoms with Gasteiger partial charge in [0, 0.05) is 12.1 Å². The van der Waals surface area contributed by atoms with Crippen molar-refractivity contribution in [1.82, 2.24) is 5.32 Å². The number of phenols is 1. The zero-order valence-corrected chi connectivity index (χ0v) is 12.1. The first-order valence-electron chi connectivity index (χ1n) is 7.43. The topological polar surface area (TPSA) is 75.4 Å². The molecule has 20 heavy (non-hydrogen) atoms. The molecule has 1 saturated carbocycles. The molecule has 1 aliphatic rings. The SMILES string of the molecule is CC1CCCC(CCNC(=O)c2ccc(N)c(O)c2)C1. The van der Waals surface area contributed by atoms with Crippen LogP contribution in [0.2, 0.25) is 0 Å². The van der Waals surface area contributed by atoms with Crippen LogP contribution in [0, 0.1) is 11.8 Å². The molecule has 2 unspecified atom stereocenters. The maximum absolute atomic E-state index is 12.0. The third-order valence-corrected chi connectivity index (χ3v) is 4.18. The maximum atomic E-state index is 12.0. The van der Waals surface area contributed by atoms with Crippen molar-refractivity contribution >= 4 is 11.6 Å². The zero-order chi connectivity index (χ0) is 14.5. The summed E-state index contributed by atoms with van der Waals surface area (Å²) in [7, 11) is 0. The summed E-state index contributed by atoms with van der Waals surface area (Å²) < 4.78 is 0. The van der Waals surface area contributed by atoms with Crippen LogP contribution in [0.3, 0.4) is 0 Å². The fourth-order valence-corrected chi connectivity index (χ4v) is 3.00. The first-order valence-corrected chi connectivity index (χ1v) is 7.43. The number of phenolic OH excluding ortho intramolecular Hbond substituents is 1. The van der Waals surface area contributed by atoms with Gasteiger partial charge in [0.2, 0.25) is 0 Å². The lowest BCUT2D eigenvalue weighted by molar-refractivity contribution is 0.0949. The lowest BCUT2D eigenvalue weighted by atomic mass is 9.81. The van der Waals surface area contributed by atoms with Gasteiger partial charge >= 0.3 is 0 Å². The van der Waals surface area contributed by atoms with Gasteiger partial charge in [-0.3, -0.25) is 4.79 Å². The number of hydrogen-bond acceptors (Lipinski definition) is 3. The number of nitrogens with two attached hydrogens (primary N) is 1. The molecule has 0 bridgehead atoms. The summed E-state index contributed by atoms with van der Waals surface area (Å²) in [6.45, 7) is 3.00. The Hall–Kier alpha value is -1.71. The Kier molecular flexibility index (Phi) is 4.88. The Balaban J connectivity index is 1.78. The highest BCUT2D eigenvalue weighted by atomic mass is 16.3. The maximum Gasteiger partial charge on any atom is 0.251 e. The summed E-state index contributed by atoms with van der Waals surface area (Å²) in [5.41, 5.74) is 6.26. The fraction of sp³-hybridized carbons (Fsp3) is 0.562. The number of carbonyl (C=O) groups excluding carboxylic acids is 1. The van der Waals surface area contributed by atoms with Gasteiger partial charge in [-0.15, -0.1) is 0 Å². The van der Waals surface area contributed by atoms with E-state index < -0.39 is 0 Å². The number of rotatable bonds is 4. The molecule has 1 fully saturated rings. The number of carbonyl (C=O) groups is 1. The van der Waals surface area contributed by atoms with E-state index in [1.54, 1.807) is 12.1 Å². The van der Waals surface area contributed by atoms with Gasteiger partial charge in [-0.2, -0.15) is 0 Å². The highest BCUT2D eigenvalue weighted by Crippen LogP contribution is 2.30. The van der Waals surface area contributed by atoms with Gasteiger partial charge in [0.1, 0.15) is 5.75 Å². The minimum Gasteiger partial charge on any atom is -0.506 e. The smallest absolute Gasteiger partial charge is 0.251 e. The molecule has 1 aromatic carbocycles. The van der Waals surface area contributed by atoms with Crippen LogP contribution in [0.15, 0.2) is 18.2 Å². The van der Waals surface area contributed by atoms with E-state index >= 15 is 0 Å². The predicted octanol–water partition coefficient (Wildman–Crippen LogP) is 2.92. The molecular formula is C16H24N2O2. The van der Waals surface area contributed by atoms with Gasteiger partial charge in [-0.05, 0) is 42.9 Å². The van der Waals surface area contributed by atoms with Crippen LogP contribution in [0.4, 0.5) is 5.69 Å². The molecule has 0 radical (unpaired) electrons. The van der Waals surface area contributed by atoms with Crippen molar-refractivity contribution in [1.29, 1.82) is 0 Å². The lowest BCUT2D eigenvalue weighted by Gasteiger charge is -2.26. The summed E-state index contributed by atoms with van der Waals surface area (Å²) in [6.07, 6.45) is 6.25. The van der Waals surface area contributed by atoms with Crippen LogP contribution in [0.1, 0.15) is 49.4 Å². The number of anilines is 1. The molecule has 4 heteroatoms. The van der Waals surface area contributed by atoms with Gasteiger partial charge in [0.15, 0.2) is 0 Å². The Morgan fingerprint density at radius 2 is 2.25 bits per heavy atom. The largest absolute Gasteiger partial charge is 0.506 e. The summed E-state index contributed by atoms with van der Waals surface area (Å²) >= 11 is 0. The summed E-state index contributed by atoms with van der Waals surface area (Å²) in [4.78, 5) is 12.0. The fourth-order valence-electron chi connectivity index (χ4n) is 3.00. The molecular weight excluding hydrogens is 252 g/mol. The highest BCUT2D eigenvalue weighted by Gasteiger charge is 2.18. The quantitative estimate of drug-likeness (QED) is 0.584. The van der Waals surface area contributed by atoms with E-state index in [4.69, 9.17) is 5.73 Å². The standard InChI is InChI=1S/C16H24N2O2/c1-11-3-2-4-12(9-11)7-8-18-16(20)13-5-6-14(17)15(19)10-13/h5-6,10-12,19H,2-4,7-9,17H2,1H3,(H,18,20). The second-order valence-electron chi connectivity index (χ2n) is 5.96. The second kappa shape index (κ2) is 6.64. The van der Waals surface area contributed by atoms with Crippen molar-refractivity contribution in [2.45, 2.75) is 39.0 Å². The van der Waals surface area contributed by atoms with E-state index in [2.05, 4.69) is 12.2 Å². The average Bonchev–Trinajstić information content (AvgIpc) is 2.42. The number of benzene rings is 1. The lowest BCUT2D eigenvalue weighted by Crippen LogP contribution is -2.27. The Bertz CT molecular complexity index is 474. The van der Waals surface area contributed by atoms with Crippen molar-refractivity contribution in [3.05, 3.63) is 23.8 Å². The van der Waals surface area contributed by atoms with Crippen molar-refractivity contribution < 1.29 is 9.90 Å². The molecule has 0 spiro atoms. The number of nitrogens with one attached hydrogen (secondary N) is 1. The van der Waals surface area contributed by atoms with Crippen LogP contribution in [-0.2, 0) is 0 Å². The highest BCUT2D eigenvalue weighted by molar-refractivity contribution is 5.95. The van der Waals surface area contributed by atoms with Crippen molar-refractivity contribution in [3.8, 4) is 5.75 Å². The molecule has 1 aromatic rings. The first-order chi connectivity index (χ1) is 9.56. The first kappa shape index (κ1) is 14.7. The van der Waals surface area contributed by atoms with Crippen molar-refractivity contribution in [2.75, 3.05) is 12.3 Å². The third-order valence-electron chi connectivity index (χ3n) is 4.18. The van der Waals surface area contributed by atoms with E-state index in [0.29, 0.717) is 12.1 Å². The molecule has 110 valence electrons. The molecule has 0 aliphatic heterocycles. The van der Waals surface area contributed by atoms with Crippen molar-refractivity contribution in [2.24, 2.45) is 11.8 Å². The Morgan fingerprint density at radius 1 is 1.45 bits per heavy atom. The summed E-state index contributed by atoms with van der Waals surface area (Å²) in [5.74, 6) is 1.36. The van der Waals surface area contributed by atoms with Crippen LogP contribution in [0.5, 0.6) is 5.75 Å². The van der Waals surface area contributed by atoms with Crippen LogP contribution < -0.4 is 11.1 Å². The molecule has 4 nitrogen and oxygen atoms in total. The van der Waals surface area contributed by atoms with Crippen molar-refractivity contribution in [3.63, 3.8) is 0 Å². The molecule has 2 rings (SSSR count). The Morgan fingerprint density at radius 3 is 2.95 bits per heavy atom. The average molecular weight is 276 g/mol. The van der Waals surface area contributed by atoms with Crippen LogP contribution in [0.25, 0.3) is 0 Å². The monoisotopic (exact) mass is 276 g/mol. The van der Waals surface area contributed by atoms with Gasteiger partial charge in [-0.25, -0.2) is 0 Å². The molecule has 1 amide bonds. The van der Waals surface area contributed by atoms with E-state index in [-0.39, 0.29) is 17.3 Å². The van der Waals surface area contributed by atoms with E-state index in [1.165, 1.54) is 31.7 Å². The molecule has 0 saturated heterocycles. The van der Waals surface area contributed by atoms with Crippen LogP contribution >= 0.6 is 0 Å². The number of aromatic hydroxyl groups is 1. The molecule has 0 aromatic heterocycles. The normalized spacial score (nSPS) is 22.4. The minimum absolute atomic E-state index is 0.0428. The van der Waals surface area contributed by atoms with Crippen LogP contribution in [-0.4, -0.2) is 17.6 Å². The number of amides is 1. The third kappa shape index (κ3) is 3.89. The molecule has 4 N–H and O–H groups in total. The summed E-state index contributed by atoms with van der Waals surface area (Å²) in [5, 5.41) is 12.4. The van der Waals surface area contributed by atoms with Gasteiger partial charge < -0.3 is 16.2 Å². The van der Waals surface area contributed by atoms with E-state index in [0.717, 1.165) is 18.3 Å². The van der Waals surface area contributed by atoms with Gasteiger partial charge in [0.05, 0.1) is 5.69 Å². The summed E-state index contributed by atoms with van der Waals surface area (Å²) in [6, 6.07) is 4.59. The predicted molar refractivity (Wildman–Crippen MR) is 80.6 cm³/mol. The van der Waals surface area contributed by atoms with Gasteiger partial charge in [0.25, 0.3) is 5.91 Å². The zero-order valence-electron chi connectivity index (χ0n) is 12.1. The Labute approximate surface area is 120 Å². The molecule has 1 aliphatic carbocycles. The number of hydrogen-bond donors (Lipinski definition) is 3. The molecule has 0 heterocycles. The van der Waals surface area contributed by atoms with Gasteiger partial charge in [-0.1, -0.05) is 26.2 Å². The van der Waals surface area contributed by atoms with E-state index in [9.17, 15) is 9.90 Å². The number of nitrogen functional groups attached to an aromatic ring is 1. The second-order valence-corrected chi connectivity index (χ2v) is 5.96.